The fraction of sp³-hybridized carbons (Fsp3) is 0.273. The summed E-state index contributed by atoms with van der Waals surface area (Å²) in [5, 5.41) is 8.57. The average Bonchev–Trinajstić information content (AvgIpc) is 2.18. The number of nitrogens with zero attached hydrogens (tertiary/aromatic N) is 1. The Morgan fingerprint density at radius 3 is 2.23 bits per heavy atom. The van der Waals surface area contributed by atoms with E-state index in [1.54, 1.807) is 12.1 Å². The van der Waals surface area contributed by atoms with Crippen molar-refractivity contribution in [2.24, 2.45) is 0 Å². The molecule has 0 bridgehead atoms. The van der Waals surface area contributed by atoms with Crippen LogP contribution in [0.4, 0.5) is 0 Å². The van der Waals surface area contributed by atoms with Crippen molar-refractivity contribution < 1.29 is 4.79 Å². The van der Waals surface area contributed by atoms with Gasteiger partial charge in [-0.15, -0.1) is 0 Å². The fourth-order valence-corrected chi connectivity index (χ4v) is 1.04. The first kappa shape index (κ1) is 9.47. The summed E-state index contributed by atoms with van der Waals surface area (Å²) in [6.07, 6.45) is 0.911. The zero-order chi connectivity index (χ0) is 9.90. The Morgan fingerprint density at radius 1 is 1.31 bits per heavy atom. The average molecular weight is 173 g/mol. The number of hydrogen-bond donors (Lipinski definition) is 0. The normalized spacial score (nSPS) is 10.5. The van der Waals surface area contributed by atoms with Gasteiger partial charge in [0.1, 0.15) is 6.29 Å². The first-order valence-corrected chi connectivity index (χ1v) is 4.07. The van der Waals surface area contributed by atoms with Gasteiger partial charge in [0, 0.05) is 5.41 Å². The van der Waals surface area contributed by atoms with Crippen LogP contribution in [0.5, 0.6) is 0 Å². The number of carbonyl (C=O) groups excluding carboxylic acids is 1. The Balaban J connectivity index is 3.07. The van der Waals surface area contributed by atoms with E-state index in [4.69, 9.17) is 5.26 Å². The SMILES string of the molecule is CC(C)(C=O)c1ccc(C#N)cc1. The molecule has 13 heavy (non-hydrogen) atoms. The van der Waals surface area contributed by atoms with Gasteiger partial charge in [-0.05, 0) is 31.5 Å². The fourth-order valence-electron chi connectivity index (χ4n) is 1.04. The lowest BCUT2D eigenvalue weighted by Gasteiger charge is -2.16. The molecule has 0 aliphatic heterocycles. The van der Waals surface area contributed by atoms with Gasteiger partial charge < -0.3 is 4.79 Å². The Labute approximate surface area is 77.8 Å². The van der Waals surface area contributed by atoms with Gasteiger partial charge in [-0.2, -0.15) is 5.26 Å². The van der Waals surface area contributed by atoms with Gasteiger partial charge in [0.05, 0.1) is 11.6 Å². The molecule has 1 aromatic carbocycles. The molecule has 0 radical (unpaired) electrons. The van der Waals surface area contributed by atoms with Crippen LogP contribution < -0.4 is 0 Å². The molecule has 0 fully saturated rings. The molecule has 0 aromatic heterocycles. The first-order chi connectivity index (χ1) is 6.10. The lowest BCUT2D eigenvalue weighted by atomic mass is 9.86. The van der Waals surface area contributed by atoms with E-state index in [9.17, 15) is 4.79 Å². The van der Waals surface area contributed by atoms with Gasteiger partial charge >= 0.3 is 0 Å². The number of nitriles is 1. The largest absolute Gasteiger partial charge is 0.302 e. The maximum atomic E-state index is 10.7. The van der Waals surface area contributed by atoms with Crippen molar-refractivity contribution in [1.29, 1.82) is 5.26 Å². The minimum absolute atomic E-state index is 0.464. The summed E-state index contributed by atoms with van der Waals surface area (Å²) in [4.78, 5) is 10.7. The van der Waals surface area contributed by atoms with Gasteiger partial charge in [0.2, 0.25) is 0 Å². The van der Waals surface area contributed by atoms with Crippen LogP contribution in [0.15, 0.2) is 24.3 Å². The summed E-state index contributed by atoms with van der Waals surface area (Å²) in [6, 6.07) is 9.11. The van der Waals surface area contributed by atoms with Crippen LogP contribution >= 0.6 is 0 Å². The molecule has 0 N–H and O–H groups in total. The van der Waals surface area contributed by atoms with Crippen LogP contribution in [-0.4, -0.2) is 6.29 Å². The van der Waals surface area contributed by atoms with E-state index in [-0.39, 0.29) is 0 Å². The summed E-state index contributed by atoms with van der Waals surface area (Å²) < 4.78 is 0. The maximum Gasteiger partial charge on any atom is 0.129 e. The molecule has 0 saturated carbocycles. The molecule has 0 aliphatic carbocycles. The van der Waals surface area contributed by atoms with Crippen LogP contribution in [-0.2, 0) is 10.2 Å². The molecule has 0 atom stereocenters. The number of aldehydes is 1. The highest BCUT2D eigenvalue weighted by Crippen LogP contribution is 2.20. The second kappa shape index (κ2) is 3.40. The summed E-state index contributed by atoms with van der Waals surface area (Å²) in [5.74, 6) is 0. The number of hydrogen-bond acceptors (Lipinski definition) is 2. The van der Waals surface area contributed by atoms with Gasteiger partial charge in [-0.25, -0.2) is 0 Å². The highest BCUT2D eigenvalue weighted by molar-refractivity contribution is 5.67. The summed E-state index contributed by atoms with van der Waals surface area (Å²) in [5.41, 5.74) is 1.08. The molecule has 1 rings (SSSR count). The smallest absolute Gasteiger partial charge is 0.129 e. The second-order valence-electron chi connectivity index (χ2n) is 3.53. The van der Waals surface area contributed by atoms with E-state index < -0.39 is 5.41 Å². The Bertz CT molecular complexity index is 343. The highest BCUT2D eigenvalue weighted by Gasteiger charge is 2.18. The summed E-state index contributed by atoms with van der Waals surface area (Å²) >= 11 is 0. The zero-order valence-corrected chi connectivity index (χ0v) is 7.74. The van der Waals surface area contributed by atoms with E-state index in [0.717, 1.165) is 11.8 Å². The molecule has 1 aromatic rings. The molecule has 66 valence electrons. The summed E-state index contributed by atoms with van der Waals surface area (Å²) in [6.45, 7) is 3.70. The molecule has 2 heteroatoms. The molecule has 0 spiro atoms. The van der Waals surface area contributed by atoms with Crippen LogP contribution in [0.2, 0.25) is 0 Å². The Hall–Kier alpha value is -1.62. The molecule has 0 amide bonds. The van der Waals surface area contributed by atoms with Crippen molar-refractivity contribution in [3.8, 4) is 6.07 Å². The van der Waals surface area contributed by atoms with E-state index >= 15 is 0 Å². The van der Waals surface area contributed by atoms with E-state index in [1.807, 2.05) is 32.0 Å². The minimum atomic E-state index is -0.464. The number of benzene rings is 1. The van der Waals surface area contributed by atoms with E-state index in [1.165, 1.54) is 0 Å². The van der Waals surface area contributed by atoms with Crippen molar-refractivity contribution in [2.75, 3.05) is 0 Å². The maximum absolute atomic E-state index is 10.7. The quantitative estimate of drug-likeness (QED) is 0.642. The highest BCUT2D eigenvalue weighted by atomic mass is 16.1. The van der Waals surface area contributed by atoms with Gasteiger partial charge in [-0.1, -0.05) is 12.1 Å². The van der Waals surface area contributed by atoms with E-state index in [0.29, 0.717) is 5.56 Å². The predicted molar refractivity (Wildman–Crippen MR) is 50.2 cm³/mol. The van der Waals surface area contributed by atoms with Crippen molar-refractivity contribution in [3.63, 3.8) is 0 Å². The number of rotatable bonds is 2. The molecule has 0 aliphatic rings. The lowest BCUT2D eigenvalue weighted by molar-refractivity contribution is -0.111. The summed E-state index contributed by atoms with van der Waals surface area (Å²) in [7, 11) is 0. The van der Waals surface area contributed by atoms with Crippen LogP contribution in [0, 0.1) is 11.3 Å². The van der Waals surface area contributed by atoms with Gasteiger partial charge in [0.15, 0.2) is 0 Å². The minimum Gasteiger partial charge on any atom is -0.302 e. The van der Waals surface area contributed by atoms with Gasteiger partial charge in [-0.3, -0.25) is 0 Å². The van der Waals surface area contributed by atoms with Gasteiger partial charge in [0.25, 0.3) is 0 Å². The van der Waals surface area contributed by atoms with E-state index in [2.05, 4.69) is 0 Å². The van der Waals surface area contributed by atoms with Crippen LogP contribution in [0.3, 0.4) is 0 Å². The lowest BCUT2D eigenvalue weighted by Crippen LogP contribution is -2.18. The second-order valence-corrected chi connectivity index (χ2v) is 3.53. The van der Waals surface area contributed by atoms with Crippen molar-refractivity contribution >= 4 is 6.29 Å². The molecule has 2 nitrogen and oxygen atoms in total. The van der Waals surface area contributed by atoms with Crippen LogP contribution in [0.1, 0.15) is 25.0 Å². The van der Waals surface area contributed by atoms with Crippen molar-refractivity contribution in [3.05, 3.63) is 35.4 Å². The molecule has 0 unspecified atom stereocenters. The first-order valence-electron chi connectivity index (χ1n) is 4.07. The predicted octanol–water partition coefficient (Wildman–Crippen LogP) is 2.03. The Kier molecular flexibility index (Phi) is 2.48. The molecule has 0 saturated heterocycles. The third-order valence-corrected chi connectivity index (χ3v) is 2.05. The molecule has 0 heterocycles. The Morgan fingerprint density at radius 2 is 1.85 bits per heavy atom. The van der Waals surface area contributed by atoms with Crippen molar-refractivity contribution in [1.82, 2.24) is 0 Å². The standard InChI is InChI=1S/C11H11NO/c1-11(2,8-13)10-5-3-9(7-12)4-6-10/h3-6,8H,1-2H3. The monoisotopic (exact) mass is 173 g/mol. The zero-order valence-electron chi connectivity index (χ0n) is 7.74. The topological polar surface area (TPSA) is 40.9 Å². The third-order valence-electron chi connectivity index (χ3n) is 2.05. The molecular formula is C11H11NO. The van der Waals surface area contributed by atoms with Crippen molar-refractivity contribution in [2.45, 2.75) is 19.3 Å². The molecular weight excluding hydrogens is 162 g/mol. The third kappa shape index (κ3) is 1.94. The van der Waals surface area contributed by atoms with Crippen LogP contribution in [0.25, 0.3) is 0 Å². The number of carbonyl (C=O) groups is 1.